The van der Waals surface area contributed by atoms with Crippen LogP contribution in [-0.4, -0.2) is 9.13 Å². The zero-order chi connectivity index (χ0) is 29.5. The number of thiophene rings is 1. The maximum atomic E-state index is 2.50. The first kappa shape index (κ1) is 24.8. The molecule has 10 rings (SSSR count). The highest BCUT2D eigenvalue weighted by Gasteiger charge is 2.22. The zero-order valence-corrected chi connectivity index (χ0v) is 25.1. The number of nitrogens with zero attached hydrogens (tertiary/aromatic N) is 2. The summed E-state index contributed by atoms with van der Waals surface area (Å²) in [5.41, 5.74) is 9.86. The third-order valence-electron chi connectivity index (χ3n) is 9.31. The molecule has 0 aliphatic rings. The van der Waals surface area contributed by atoms with E-state index in [1.54, 1.807) is 0 Å². The summed E-state index contributed by atoms with van der Waals surface area (Å²) in [5.74, 6) is 0. The van der Waals surface area contributed by atoms with Crippen LogP contribution >= 0.6 is 11.3 Å². The van der Waals surface area contributed by atoms with E-state index in [0.717, 1.165) is 0 Å². The van der Waals surface area contributed by atoms with Crippen molar-refractivity contribution in [3.8, 4) is 22.5 Å². The smallest absolute Gasteiger partial charge is 0.0641 e. The summed E-state index contributed by atoms with van der Waals surface area (Å²) in [6.07, 6.45) is 0. The first-order valence-corrected chi connectivity index (χ1v) is 16.2. The molecule has 3 heteroatoms. The molecule has 0 atom stereocenters. The summed E-state index contributed by atoms with van der Waals surface area (Å²) < 4.78 is 7.59. The van der Waals surface area contributed by atoms with Gasteiger partial charge < -0.3 is 9.13 Å². The van der Waals surface area contributed by atoms with Gasteiger partial charge in [0, 0.05) is 42.7 Å². The van der Waals surface area contributed by atoms with Crippen molar-refractivity contribution in [2.45, 2.75) is 0 Å². The summed E-state index contributed by atoms with van der Waals surface area (Å²) in [7, 11) is 0. The van der Waals surface area contributed by atoms with Gasteiger partial charge in [-0.3, -0.25) is 0 Å². The Labute approximate surface area is 263 Å². The minimum atomic E-state index is 1.17. The fourth-order valence-electron chi connectivity index (χ4n) is 7.44. The molecule has 45 heavy (non-hydrogen) atoms. The Morgan fingerprint density at radius 3 is 1.80 bits per heavy atom. The van der Waals surface area contributed by atoms with Gasteiger partial charge in [0.15, 0.2) is 0 Å². The molecule has 0 N–H and O–H groups in total. The third kappa shape index (κ3) is 3.44. The molecule has 0 fully saturated rings. The largest absolute Gasteiger partial charge is 0.309 e. The minimum absolute atomic E-state index is 1.17. The molecule has 0 amide bonds. The van der Waals surface area contributed by atoms with Gasteiger partial charge in [0.05, 0.1) is 32.5 Å². The summed E-state index contributed by atoms with van der Waals surface area (Å²) in [4.78, 5) is 0. The van der Waals surface area contributed by atoms with E-state index in [4.69, 9.17) is 0 Å². The van der Waals surface area contributed by atoms with E-state index in [2.05, 4.69) is 167 Å². The van der Waals surface area contributed by atoms with E-state index in [9.17, 15) is 0 Å². The highest BCUT2D eigenvalue weighted by atomic mass is 32.1. The van der Waals surface area contributed by atoms with Crippen molar-refractivity contribution in [3.63, 3.8) is 0 Å². The van der Waals surface area contributed by atoms with Crippen molar-refractivity contribution in [1.82, 2.24) is 9.13 Å². The maximum Gasteiger partial charge on any atom is 0.0641 e. The molecule has 2 nitrogen and oxygen atoms in total. The number of para-hydroxylation sites is 3. The van der Waals surface area contributed by atoms with E-state index in [1.165, 1.54) is 86.3 Å². The van der Waals surface area contributed by atoms with E-state index in [0.29, 0.717) is 0 Å². The second kappa shape index (κ2) is 9.43. The number of rotatable bonds is 3. The Morgan fingerprint density at radius 1 is 0.378 bits per heavy atom. The van der Waals surface area contributed by atoms with Crippen LogP contribution in [0.5, 0.6) is 0 Å². The third-order valence-corrected chi connectivity index (χ3v) is 10.6. The zero-order valence-electron chi connectivity index (χ0n) is 24.3. The van der Waals surface area contributed by atoms with E-state index in [1.807, 2.05) is 11.3 Å². The van der Waals surface area contributed by atoms with Crippen LogP contribution in [0.1, 0.15) is 0 Å². The van der Waals surface area contributed by atoms with Crippen molar-refractivity contribution in [1.29, 1.82) is 0 Å². The Hall–Kier alpha value is -5.64. The van der Waals surface area contributed by atoms with E-state index < -0.39 is 0 Å². The molecule has 0 bridgehead atoms. The van der Waals surface area contributed by atoms with Crippen LogP contribution in [-0.2, 0) is 0 Å². The predicted molar refractivity (Wildman–Crippen MR) is 193 cm³/mol. The molecule has 10 aromatic rings. The van der Waals surface area contributed by atoms with Crippen molar-refractivity contribution in [2.75, 3.05) is 0 Å². The summed E-state index contributed by atoms with van der Waals surface area (Å²) in [5, 5.41) is 7.71. The Morgan fingerprint density at radius 2 is 1.00 bits per heavy atom. The number of benzene rings is 7. The minimum Gasteiger partial charge on any atom is -0.309 e. The monoisotopic (exact) mass is 590 g/mol. The summed E-state index contributed by atoms with van der Waals surface area (Å²) in [6, 6.07) is 57.4. The molecule has 0 radical (unpaired) electrons. The van der Waals surface area contributed by atoms with Crippen LogP contribution in [0.4, 0.5) is 0 Å². The number of fused-ring (bicyclic) bond motifs is 10. The molecule has 0 aliphatic carbocycles. The normalized spacial score (nSPS) is 12.0. The van der Waals surface area contributed by atoms with Crippen LogP contribution in [0.2, 0.25) is 0 Å². The van der Waals surface area contributed by atoms with E-state index >= 15 is 0 Å². The average molecular weight is 591 g/mol. The topological polar surface area (TPSA) is 9.86 Å². The molecular formula is C42H26N2S. The van der Waals surface area contributed by atoms with Crippen LogP contribution < -0.4 is 0 Å². The van der Waals surface area contributed by atoms with Gasteiger partial charge in [-0.05, 0) is 47.5 Å². The first-order valence-electron chi connectivity index (χ1n) is 15.4. The van der Waals surface area contributed by atoms with Crippen LogP contribution in [0.25, 0.3) is 86.3 Å². The molecule has 3 aromatic heterocycles. The van der Waals surface area contributed by atoms with Gasteiger partial charge in [-0.2, -0.15) is 0 Å². The van der Waals surface area contributed by atoms with Gasteiger partial charge in [-0.15, -0.1) is 11.3 Å². The fraction of sp³-hybridized carbons (Fsp3) is 0. The molecule has 7 aromatic carbocycles. The lowest BCUT2D eigenvalue weighted by Crippen LogP contribution is -1.95. The van der Waals surface area contributed by atoms with Crippen molar-refractivity contribution in [3.05, 3.63) is 158 Å². The lowest BCUT2D eigenvalue weighted by Gasteiger charge is -2.10. The quantitative estimate of drug-likeness (QED) is 0.194. The molecular weight excluding hydrogens is 565 g/mol. The highest BCUT2D eigenvalue weighted by Crippen LogP contribution is 2.46. The van der Waals surface area contributed by atoms with Gasteiger partial charge in [-0.25, -0.2) is 0 Å². The first-order chi connectivity index (χ1) is 22.4. The Bertz CT molecular complexity index is 2740. The van der Waals surface area contributed by atoms with Crippen LogP contribution in [0.3, 0.4) is 0 Å². The molecule has 0 saturated carbocycles. The second-order valence-electron chi connectivity index (χ2n) is 11.7. The van der Waals surface area contributed by atoms with Gasteiger partial charge in [0.2, 0.25) is 0 Å². The maximum absolute atomic E-state index is 2.50. The molecule has 210 valence electrons. The molecule has 3 heterocycles. The van der Waals surface area contributed by atoms with Crippen LogP contribution in [0.15, 0.2) is 158 Å². The van der Waals surface area contributed by atoms with Crippen molar-refractivity contribution in [2.24, 2.45) is 0 Å². The van der Waals surface area contributed by atoms with Gasteiger partial charge in [-0.1, -0.05) is 121 Å². The highest BCUT2D eigenvalue weighted by molar-refractivity contribution is 7.26. The van der Waals surface area contributed by atoms with Crippen LogP contribution in [0, 0.1) is 0 Å². The molecule has 0 unspecified atom stereocenters. The number of aromatic nitrogens is 2. The molecule has 0 saturated heterocycles. The average Bonchev–Trinajstić information content (AvgIpc) is 3.77. The second-order valence-corrected chi connectivity index (χ2v) is 12.7. The SMILES string of the molecule is c1ccc(-c2cccc3c2sc2c(-n4c5ccccc5c5c4ccc4c6ccccc6n(-c6ccccc6)c45)cccc23)cc1. The molecule has 0 spiro atoms. The fourth-order valence-corrected chi connectivity index (χ4v) is 8.78. The Balaban J connectivity index is 1.36. The Kier molecular flexibility index (Phi) is 5.19. The number of hydrogen-bond donors (Lipinski definition) is 0. The number of hydrogen-bond acceptors (Lipinski definition) is 1. The summed E-state index contributed by atoms with van der Waals surface area (Å²) >= 11 is 1.91. The van der Waals surface area contributed by atoms with Gasteiger partial charge in [0.1, 0.15) is 0 Å². The van der Waals surface area contributed by atoms with Gasteiger partial charge >= 0.3 is 0 Å². The van der Waals surface area contributed by atoms with Crippen molar-refractivity contribution >= 4 is 75.1 Å². The predicted octanol–water partition coefficient (Wildman–Crippen LogP) is 11.9. The standard InChI is InChI=1S/C42H26N2S/c1-3-13-27(14-4-1)29-19-11-20-32-33-21-12-24-38(42(33)45-41(29)32)44-36-23-10-8-18-34(36)39-37(44)26-25-31-30-17-7-9-22-35(30)43(40(31)39)28-15-5-2-6-16-28/h1-26H. The molecule has 0 aliphatic heterocycles. The van der Waals surface area contributed by atoms with Crippen molar-refractivity contribution < 1.29 is 0 Å². The summed E-state index contributed by atoms with van der Waals surface area (Å²) in [6.45, 7) is 0. The lowest BCUT2D eigenvalue weighted by atomic mass is 10.0. The van der Waals surface area contributed by atoms with E-state index in [-0.39, 0.29) is 0 Å². The lowest BCUT2D eigenvalue weighted by molar-refractivity contribution is 1.18. The van der Waals surface area contributed by atoms with Gasteiger partial charge in [0.25, 0.3) is 0 Å².